The van der Waals surface area contributed by atoms with Crippen LogP contribution in [0.2, 0.25) is 0 Å². The van der Waals surface area contributed by atoms with Gasteiger partial charge in [0, 0.05) is 5.41 Å². The summed E-state index contributed by atoms with van der Waals surface area (Å²) in [7, 11) is -9.75. The predicted octanol–water partition coefficient (Wildman–Crippen LogP) is -4.33. The summed E-state index contributed by atoms with van der Waals surface area (Å²) in [4.78, 5) is 0. The van der Waals surface area contributed by atoms with Crippen LogP contribution in [0.3, 0.4) is 0 Å². The van der Waals surface area contributed by atoms with Crippen LogP contribution in [0.1, 0.15) is 25.0 Å². The van der Waals surface area contributed by atoms with Gasteiger partial charge in [0.1, 0.15) is 25.4 Å². The number of benzene rings is 2. The van der Waals surface area contributed by atoms with Crippen LogP contribution in [0.5, 0.6) is 23.0 Å². The average Bonchev–Trinajstić information content (AvgIpc) is 2.80. The number of rotatable bonds is 14. The summed E-state index contributed by atoms with van der Waals surface area (Å²) < 4.78 is 93.2. The minimum atomic E-state index is -4.88. The molecule has 0 heterocycles. The second-order valence-electron chi connectivity index (χ2n) is 7.55. The van der Waals surface area contributed by atoms with Crippen LogP contribution in [0.15, 0.2) is 36.4 Å². The second kappa shape index (κ2) is 16.1. The second-order valence-corrected chi connectivity index (χ2v) is 9.65. The van der Waals surface area contributed by atoms with E-state index in [2.05, 4.69) is 8.37 Å². The van der Waals surface area contributed by atoms with E-state index in [1.807, 2.05) is 26.1 Å². The summed E-state index contributed by atoms with van der Waals surface area (Å²) in [6.45, 7) is 2.12. The van der Waals surface area contributed by atoms with Crippen LogP contribution in [-0.4, -0.2) is 52.4 Å². The minimum absolute atomic E-state index is 0. The molecule has 0 fully saturated rings. The van der Waals surface area contributed by atoms with Crippen molar-refractivity contribution in [1.29, 1.82) is 0 Å². The molecule has 39 heavy (non-hydrogen) atoms. The molecule has 0 saturated heterocycles. The largest absolute Gasteiger partial charge is 1.00 e. The van der Waals surface area contributed by atoms with E-state index < -0.39 is 39.4 Å². The van der Waals surface area contributed by atoms with E-state index in [-0.39, 0.29) is 73.9 Å². The molecule has 2 aromatic rings. The smallest absolute Gasteiger partial charge is 0.726 e. The van der Waals surface area contributed by atoms with Gasteiger partial charge in [0.2, 0.25) is 20.8 Å². The van der Waals surface area contributed by atoms with E-state index in [1.165, 1.54) is 0 Å². The van der Waals surface area contributed by atoms with Gasteiger partial charge in [0.25, 0.3) is 0 Å². The van der Waals surface area contributed by atoms with Crippen LogP contribution >= 0.6 is 0 Å². The van der Waals surface area contributed by atoms with Crippen LogP contribution in [0, 0.1) is 25.1 Å². The zero-order valence-electron chi connectivity index (χ0n) is 21.7. The molecule has 16 heteroatoms. The van der Waals surface area contributed by atoms with Gasteiger partial charge in [-0.1, -0.05) is 38.8 Å². The van der Waals surface area contributed by atoms with Gasteiger partial charge in [-0.3, -0.25) is 8.37 Å². The molecule has 0 amide bonds. The SMILES string of the molecule is C#COc1ccc(C(C)(C)c2ccc(OC#C)c(OCCOS(=O)(=O)[O-])c2)cc1OCCOS(=O)(=O)[O-].[Li+].[Li+]. The quantitative estimate of drug-likeness (QED) is 0.0707. The first-order valence-corrected chi connectivity index (χ1v) is 12.9. The van der Waals surface area contributed by atoms with Gasteiger partial charge in [0.05, 0.1) is 13.2 Å². The molecule has 0 unspecified atom stereocenters. The molecule has 200 valence electrons. The maximum atomic E-state index is 10.6. The van der Waals surface area contributed by atoms with Crippen molar-refractivity contribution in [3.8, 4) is 48.1 Å². The van der Waals surface area contributed by atoms with E-state index in [9.17, 15) is 25.9 Å². The average molecular weight is 568 g/mol. The van der Waals surface area contributed by atoms with Crippen molar-refractivity contribution in [3.63, 3.8) is 0 Å². The van der Waals surface area contributed by atoms with E-state index in [1.54, 1.807) is 36.4 Å². The fraction of sp³-hybridized carbons (Fsp3) is 0.304. The van der Waals surface area contributed by atoms with Gasteiger partial charge >= 0.3 is 37.7 Å². The Bertz CT molecular complexity index is 1290. The Labute approximate surface area is 251 Å². The number of hydrogen-bond acceptors (Lipinski definition) is 12. The summed E-state index contributed by atoms with van der Waals surface area (Å²) in [5.74, 6) is 0.662. The zero-order chi connectivity index (χ0) is 27.7. The molecule has 2 aromatic carbocycles. The molecule has 0 saturated carbocycles. The number of hydrogen-bond donors (Lipinski definition) is 0. The third kappa shape index (κ3) is 12.2. The third-order valence-corrected chi connectivity index (χ3v) is 5.72. The maximum absolute atomic E-state index is 10.6. The first-order chi connectivity index (χ1) is 17.3. The Kier molecular flexibility index (Phi) is 15.1. The molecular weight excluding hydrogens is 546 g/mol. The molecule has 0 N–H and O–H groups in total. The molecule has 0 aromatic heterocycles. The van der Waals surface area contributed by atoms with Crippen LogP contribution < -0.4 is 56.7 Å². The van der Waals surface area contributed by atoms with E-state index in [4.69, 9.17) is 31.8 Å². The van der Waals surface area contributed by atoms with Crippen molar-refractivity contribution in [2.75, 3.05) is 26.4 Å². The number of terminal acetylenes is 2. The van der Waals surface area contributed by atoms with Crippen LogP contribution in [-0.2, 0) is 34.6 Å². The van der Waals surface area contributed by atoms with Crippen molar-refractivity contribution in [1.82, 2.24) is 0 Å². The molecule has 0 atom stereocenters. The monoisotopic (exact) mass is 568 g/mol. The Balaban J connectivity index is 0.00000722. The van der Waals surface area contributed by atoms with Gasteiger partial charge in [0.15, 0.2) is 23.0 Å². The van der Waals surface area contributed by atoms with Gasteiger partial charge in [-0.05, 0) is 35.4 Å². The summed E-state index contributed by atoms with van der Waals surface area (Å²) in [6, 6.07) is 9.75. The molecule has 0 aliphatic carbocycles. The van der Waals surface area contributed by atoms with Gasteiger partial charge in [-0.25, -0.2) is 16.8 Å². The summed E-state index contributed by atoms with van der Waals surface area (Å²) in [5.41, 5.74) is 0.673. The summed E-state index contributed by atoms with van der Waals surface area (Å²) >= 11 is 0. The van der Waals surface area contributed by atoms with Gasteiger partial charge in [-0.15, -0.1) is 0 Å². The number of ether oxygens (including phenoxy) is 4. The molecule has 0 radical (unpaired) electrons. The van der Waals surface area contributed by atoms with Crippen molar-refractivity contribution in [2.24, 2.45) is 0 Å². The Morgan fingerprint density at radius 1 is 0.692 bits per heavy atom. The van der Waals surface area contributed by atoms with Crippen molar-refractivity contribution < 1.29 is 91.0 Å². The summed E-state index contributed by atoms with van der Waals surface area (Å²) in [5, 5.41) is 0. The molecule has 2 rings (SSSR count). The first-order valence-electron chi connectivity index (χ1n) is 10.3. The van der Waals surface area contributed by atoms with E-state index >= 15 is 0 Å². The van der Waals surface area contributed by atoms with Gasteiger partial charge in [-0.2, -0.15) is 0 Å². The predicted molar refractivity (Wildman–Crippen MR) is 126 cm³/mol. The fourth-order valence-electron chi connectivity index (χ4n) is 3.06. The Hall–Kier alpha value is -2.31. The minimum Gasteiger partial charge on any atom is -0.726 e. The molecule has 0 bridgehead atoms. The molecular formula is C23H22Li2O12S2. The summed E-state index contributed by atoms with van der Waals surface area (Å²) in [6.07, 6.45) is 14.5. The Morgan fingerprint density at radius 2 is 1.05 bits per heavy atom. The van der Waals surface area contributed by atoms with Crippen molar-refractivity contribution in [2.45, 2.75) is 19.3 Å². The topological polar surface area (TPSA) is 170 Å². The molecule has 12 nitrogen and oxygen atoms in total. The van der Waals surface area contributed by atoms with Crippen molar-refractivity contribution in [3.05, 3.63) is 47.5 Å². The van der Waals surface area contributed by atoms with Crippen LogP contribution in [0.25, 0.3) is 0 Å². The molecule has 0 spiro atoms. The Morgan fingerprint density at radius 3 is 1.36 bits per heavy atom. The van der Waals surface area contributed by atoms with E-state index in [0.717, 1.165) is 0 Å². The van der Waals surface area contributed by atoms with Gasteiger partial charge < -0.3 is 28.1 Å². The molecule has 0 aliphatic heterocycles. The van der Waals surface area contributed by atoms with Crippen molar-refractivity contribution >= 4 is 20.8 Å². The maximum Gasteiger partial charge on any atom is 1.00 e. The van der Waals surface area contributed by atoms with E-state index in [0.29, 0.717) is 11.1 Å². The first kappa shape index (κ1) is 36.7. The normalized spacial score (nSPS) is 11.1. The fourth-order valence-corrected chi connectivity index (χ4v) is 3.60. The third-order valence-electron chi connectivity index (χ3n) is 4.81. The van der Waals surface area contributed by atoms with Crippen LogP contribution in [0.4, 0.5) is 0 Å². The zero-order valence-corrected chi connectivity index (χ0v) is 23.3. The standard InChI is InChI=1S/C23H24O12S2.2Li/c1-5-30-19-9-7-17(15-21(19)32-11-13-34-36(24,25)26)23(3,4)18-8-10-20(31-6-2)22(16-18)33-12-14-35-37(27,28)29;;/h1-2,7-10,15-16H,11-14H2,3-4H3,(H,24,25,26)(H,27,28,29);;/q;2*+1/p-2. The molecule has 0 aliphatic rings.